The van der Waals surface area contributed by atoms with Gasteiger partial charge in [-0.1, -0.05) is 12.1 Å². The van der Waals surface area contributed by atoms with Crippen LogP contribution in [0, 0.1) is 0 Å². The third-order valence-corrected chi connectivity index (χ3v) is 4.37. The normalized spacial score (nSPS) is 12.4. The lowest BCUT2D eigenvalue weighted by Gasteiger charge is -2.17. The van der Waals surface area contributed by atoms with Gasteiger partial charge in [0.05, 0.1) is 17.4 Å². The number of benzene rings is 1. The Morgan fingerprint density at radius 1 is 1.21 bits per heavy atom. The quantitative estimate of drug-likeness (QED) is 0.422. The van der Waals surface area contributed by atoms with E-state index in [-0.39, 0.29) is 11.2 Å². The highest BCUT2D eigenvalue weighted by Crippen LogP contribution is 2.31. The number of aryl methyl sites for hydroxylation is 1. The van der Waals surface area contributed by atoms with E-state index in [2.05, 4.69) is 20.3 Å². The summed E-state index contributed by atoms with van der Waals surface area (Å²) in [6, 6.07) is 9.96. The van der Waals surface area contributed by atoms with Gasteiger partial charge in [-0.05, 0) is 30.3 Å². The van der Waals surface area contributed by atoms with Crippen LogP contribution in [-0.2, 0) is 13.0 Å². The second kappa shape index (κ2) is 6.89. The van der Waals surface area contributed by atoms with E-state index >= 15 is 8.78 Å². The van der Waals surface area contributed by atoms with E-state index in [9.17, 15) is 4.79 Å². The second-order valence-corrected chi connectivity index (χ2v) is 6.31. The summed E-state index contributed by atoms with van der Waals surface area (Å²) in [5.74, 6) is -0.160. The summed E-state index contributed by atoms with van der Waals surface area (Å²) >= 11 is 0. The van der Waals surface area contributed by atoms with Crippen molar-refractivity contribution in [2.75, 3.05) is 0 Å². The van der Waals surface area contributed by atoms with Gasteiger partial charge in [0, 0.05) is 36.0 Å². The van der Waals surface area contributed by atoms with Crippen molar-refractivity contribution >= 4 is 16.8 Å². The zero-order valence-corrected chi connectivity index (χ0v) is 15.2. The smallest absolute Gasteiger partial charge is 0.321 e. The summed E-state index contributed by atoms with van der Waals surface area (Å²) in [5, 5.41) is 11.9. The van der Waals surface area contributed by atoms with E-state index in [1.165, 1.54) is 35.1 Å². The van der Waals surface area contributed by atoms with Gasteiger partial charge in [0.25, 0.3) is 0 Å². The van der Waals surface area contributed by atoms with E-state index in [0.29, 0.717) is 21.1 Å². The van der Waals surface area contributed by atoms with E-state index in [1.54, 1.807) is 31.6 Å². The van der Waals surface area contributed by atoms with Crippen LogP contribution in [0.5, 0.6) is 0 Å². The zero-order valence-electron chi connectivity index (χ0n) is 15.2. The predicted octanol–water partition coefficient (Wildman–Crippen LogP) is 2.04. The molecule has 0 spiro atoms. The molecule has 10 heteroatoms. The lowest BCUT2D eigenvalue weighted by atomic mass is 10.0. The van der Waals surface area contributed by atoms with Gasteiger partial charge in [-0.25, -0.2) is 0 Å². The van der Waals surface area contributed by atoms with Crippen molar-refractivity contribution < 1.29 is 13.6 Å². The minimum Gasteiger partial charge on any atom is -0.321 e. The summed E-state index contributed by atoms with van der Waals surface area (Å²) in [6.07, 6.45) is 4.71. The first-order valence-corrected chi connectivity index (χ1v) is 8.51. The fraction of sp³-hybridized carbons (Fsp3) is 0.105. The molecule has 0 aliphatic carbocycles. The van der Waals surface area contributed by atoms with Crippen LogP contribution in [0.2, 0.25) is 0 Å². The minimum atomic E-state index is -3.87. The standard InChI is InChI=1S/C19H15F2N7O/c1-27-11-13(10-24-27)16-6-7-17(25-22)28(26-16)18(29)19(20,21)14-4-5-15-12(9-14)3-2-8-23-15/h2-11H,22H2,1H3/b25-17-. The highest BCUT2D eigenvalue weighted by atomic mass is 19.3. The molecule has 1 aromatic carbocycles. The maximum atomic E-state index is 15.1. The number of fused-ring (bicyclic) bond motifs is 1. The van der Waals surface area contributed by atoms with Gasteiger partial charge in [0.15, 0.2) is 5.49 Å². The molecule has 0 aliphatic heterocycles. The molecule has 8 nitrogen and oxygen atoms in total. The fourth-order valence-corrected chi connectivity index (χ4v) is 2.90. The summed E-state index contributed by atoms with van der Waals surface area (Å²) < 4.78 is 32.2. The molecule has 4 aromatic rings. The Balaban J connectivity index is 1.81. The van der Waals surface area contributed by atoms with Gasteiger partial charge in [-0.15, -0.1) is 0 Å². The topological polar surface area (TPSA) is 104 Å². The van der Waals surface area contributed by atoms with Crippen LogP contribution in [0.4, 0.5) is 8.78 Å². The molecule has 0 aliphatic rings. The molecule has 0 fully saturated rings. The number of aromatic nitrogens is 5. The van der Waals surface area contributed by atoms with Crippen molar-refractivity contribution in [2.24, 2.45) is 18.0 Å². The van der Waals surface area contributed by atoms with E-state index in [4.69, 9.17) is 5.84 Å². The Morgan fingerprint density at radius 2 is 2.03 bits per heavy atom. The lowest BCUT2D eigenvalue weighted by molar-refractivity contribution is -0.00391. The lowest BCUT2D eigenvalue weighted by Crippen LogP contribution is -2.40. The molecule has 3 aromatic heterocycles. The van der Waals surface area contributed by atoms with Crippen molar-refractivity contribution in [1.82, 2.24) is 24.5 Å². The van der Waals surface area contributed by atoms with Crippen LogP contribution < -0.4 is 11.3 Å². The first-order valence-electron chi connectivity index (χ1n) is 8.51. The number of pyridine rings is 1. The van der Waals surface area contributed by atoms with Gasteiger partial charge in [0.1, 0.15) is 0 Å². The number of carbonyl (C=O) groups excluding carboxylic acids is 1. The van der Waals surface area contributed by atoms with Crippen molar-refractivity contribution in [3.63, 3.8) is 0 Å². The molecule has 29 heavy (non-hydrogen) atoms. The molecule has 0 atom stereocenters. The third-order valence-electron chi connectivity index (χ3n) is 4.37. The molecule has 3 heterocycles. The number of nitrogens with zero attached hydrogens (tertiary/aromatic N) is 6. The number of hydrogen-bond donors (Lipinski definition) is 1. The first kappa shape index (κ1) is 18.4. The molecule has 4 rings (SSSR count). The number of carbonyl (C=O) groups is 1. The van der Waals surface area contributed by atoms with Crippen molar-refractivity contribution in [2.45, 2.75) is 5.92 Å². The van der Waals surface area contributed by atoms with E-state index < -0.39 is 17.4 Å². The van der Waals surface area contributed by atoms with E-state index in [0.717, 1.165) is 6.07 Å². The van der Waals surface area contributed by atoms with Crippen LogP contribution in [0.15, 0.2) is 66.2 Å². The summed E-state index contributed by atoms with van der Waals surface area (Å²) in [7, 11) is 1.70. The van der Waals surface area contributed by atoms with Crippen LogP contribution in [0.3, 0.4) is 0 Å². The third kappa shape index (κ3) is 3.24. The van der Waals surface area contributed by atoms with Crippen molar-refractivity contribution in [1.29, 1.82) is 0 Å². The minimum absolute atomic E-state index is 0.204. The number of halogens is 2. The number of alkyl halides is 2. The number of rotatable bonds is 3. The van der Waals surface area contributed by atoms with Crippen molar-refractivity contribution in [3.05, 3.63) is 72.1 Å². The molecule has 0 bridgehead atoms. The number of nitrogens with two attached hydrogens (primary N) is 1. The average molecular weight is 395 g/mol. The molecule has 0 amide bonds. The molecule has 0 saturated heterocycles. The summed E-state index contributed by atoms with van der Waals surface area (Å²) in [4.78, 5) is 16.9. The summed E-state index contributed by atoms with van der Waals surface area (Å²) in [5.41, 5.74) is 0.688. The van der Waals surface area contributed by atoms with Crippen LogP contribution in [-0.4, -0.2) is 30.5 Å². The molecule has 146 valence electrons. The predicted molar refractivity (Wildman–Crippen MR) is 100 cm³/mol. The van der Waals surface area contributed by atoms with Crippen molar-refractivity contribution in [3.8, 4) is 11.3 Å². The van der Waals surface area contributed by atoms with Crippen LogP contribution in [0.1, 0.15) is 10.4 Å². The average Bonchev–Trinajstić information content (AvgIpc) is 3.18. The molecule has 2 N–H and O–H groups in total. The SMILES string of the molecule is Cn1cc(-c2cc/c(=N/N)n(C(=O)C(F)(F)c3ccc4ncccc4c3)n2)cn1. The maximum absolute atomic E-state index is 15.1. The Morgan fingerprint density at radius 3 is 2.76 bits per heavy atom. The molecule has 0 unspecified atom stereocenters. The molecular formula is C19H15F2N7O. The Bertz CT molecular complexity index is 1290. The molecular weight excluding hydrogens is 380 g/mol. The highest BCUT2D eigenvalue weighted by Gasteiger charge is 2.43. The Hall–Kier alpha value is -3.95. The fourth-order valence-electron chi connectivity index (χ4n) is 2.90. The molecule has 0 saturated carbocycles. The number of hydrogen-bond acceptors (Lipinski definition) is 6. The van der Waals surface area contributed by atoms with Gasteiger partial charge in [-0.2, -0.15) is 28.8 Å². The largest absolute Gasteiger partial charge is 0.352 e. The summed E-state index contributed by atoms with van der Waals surface area (Å²) in [6.45, 7) is 0. The second-order valence-electron chi connectivity index (χ2n) is 6.31. The van der Waals surface area contributed by atoms with Gasteiger partial charge in [-0.3, -0.25) is 14.5 Å². The van der Waals surface area contributed by atoms with Crippen LogP contribution in [0.25, 0.3) is 22.2 Å². The van der Waals surface area contributed by atoms with E-state index in [1.807, 2.05) is 0 Å². The van der Waals surface area contributed by atoms with Gasteiger partial charge in [0.2, 0.25) is 0 Å². The monoisotopic (exact) mass is 395 g/mol. The zero-order chi connectivity index (χ0) is 20.6. The molecule has 0 radical (unpaired) electrons. The highest BCUT2D eigenvalue weighted by molar-refractivity contribution is 5.88. The first-order chi connectivity index (χ1) is 13.9. The van der Waals surface area contributed by atoms with Crippen LogP contribution >= 0.6 is 0 Å². The maximum Gasteiger partial charge on any atom is 0.352 e. The Kier molecular flexibility index (Phi) is 4.38. The van der Waals surface area contributed by atoms with Gasteiger partial charge < -0.3 is 5.84 Å². The Labute approximate surface area is 162 Å². The van der Waals surface area contributed by atoms with Gasteiger partial charge >= 0.3 is 11.8 Å².